The number of carbonyl (C=O) groups is 3. The van der Waals surface area contributed by atoms with E-state index in [0.29, 0.717) is 18.7 Å². The lowest BCUT2D eigenvalue weighted by molar-refractivity contribution is -0.164. The highest BCUT2D eigenvalue weighted by molar-refractivity contribution is 6.09. The molecule has 0 spiro atoms. The van der Waals surface area contributed by atoms with Crippen LogP contribution in [0.2, 0.25) is 0 Å². The second-order valence-electron chi connectivity index (χ2n) is 9.40. The van der Waals surface area contributed by atoms with Crippen LogP contribution in [0.15, 0.2) is 42.5 Å². The van der Waals surface area contributed by atoms with Crippen LogP contribution in [-0.2, 0) is 19.1 Å². The van der Waals surface area contributed by atoms with E-state index in [0.717, 1.165) is 29.5 Å². The molecule has 2 aromatic carbocycles. The number of rotatable bonds is 5. The number of hydrogen-bond donors (Lipinski definition) is 0. The highest BCUT2D eigenvalue weighted by atomic mass is 19.1. The lowest BCUT2D eigenvalue weighted by Crippen LogP contribution is -2.59. The first-order valence-electron chi connectivity index (χ1n) is 12.0. The Morgan fingerprint density at radius 3 is 2.49 bits per heavy atom. The smallest absolute Gasteiger partial charge is 0.327 e. The van der Waals surface area contributed by atoms with Crippen LogP contribution >= 0.6 is 0 Å². The van der Waals surface area contributed by atoms with Crippen LogP contribution in [0, 0.1) is 17.7 Å². The van der Waals surface area contributed by atoms with Gasteiger partial charge in [-0.1, -0.05) is 24.3 Å². The highest BCUT2D eigenvalue weighted by Crippen LogP contribution is 2.58. The predicted octanol–water partition coefficient (Wildman–Crippen LogP) is 3.57. The molecule has 0 saturated carbocycles. The van der Waals surface area contributed by atoms with Gasteiger partial charge in [-0.05, 0) is 62.1 Å². The summed E-state index contributed by atoms with van der Waals surface area (Å²) in [5.41, 5.74) is 1.22. The molecule has 35 heavy (non-hydrogen) atoms. The molecule has 0 radical (unpaired) electrons. The molecule has 3 aliphatic heterocycles. The van der Waals surface area contributed by atoms with Crippen molar-refractivity contribution in [2.75, 3.05) is 27.3 Å². The summed E-state index contributed by atoms with van der Waals surface area (Å²) in [6.07, 6.45) is 2.11. The Labute approximate surface area is 203 Å². The SMILES string of the molecule is CCN1C(=O)[C@H]2[C@@H](c3ccc(-c4ccc(F)cc4)c(OC)c3)N3CCCC[C@@]3(C(=O)OC)[C@H]2C1=O. The largest absolute Gasteiger partial charge is 0.496 e. The lowest BCUT2D eigenvalue weighted by Gasteiger charge is -2.44. The van der Waals surface area contributed by atoms with Gasteiger partial charge in [0.25, 0.3) is 0 Å². The standard InChI is InChI=1S/C27H29FN2O5/c1-4-29-24(31)21-22(25(29)32)27(26(33)35-3)13-5-6-14-30(27)23(21)17-9-12-19(20(15-17)34-2)16-7-10-18(28)11-8-16/h7-12,15,21-23H,4-6,13-14H2,1-3H3/t21-,22-,23-,27+/m1/s1. The summed E-state index contributed by atoms with van der Waals surface area (Å²) in [6.45, 7) is 2.62. The van der Waals surface area contributed by atoms with Crippen molar-refractivity contribution in [3.63, 3.8) is 0 Å². The number of piperidine rings is 1. The number of esters is 1. The number of hydrogen-bond acceptors (Lipinski definition) is 6. The van der Waals surface area contributed by atoms with Gasteiger partial charge < -0.3 is 9.47 Å². The third-order valence-electron chi connectivity index (χ3n) is 7.93. The summed E-state index contributed by atoms with van der Waals surface area (Å²) in [5, 5.41) is 0. The van der Waals surface area contributed by atoms with E-state index in [1.54, 1.807) is 26.2 Å². The second kappa shape index (κ2) is 8.75. The predicted molar refractivity (Wildman–Crippen MR) is 126 cm³/mol. The number of imide groups is 1. The van der Waals surface area contributed by atoms with Gasteiger partial charge in [-0.25, -0.2) is 4.39 Å². The molecule has 3 aliphatic rings. The van der Waals surface area contributed by atoms with Crippen molar-refractivity contribution in [1.82, 2.24) is 9.80 Å². The van der Waals surface area contributed by atoms with Crippen LogP contribution in [0.4, 0.5) is 4.39 Å². The molecular weight excluding hydrogens is 451 g/mol. The molecule has 0 aromatic heterocycles. The van der Waals surface area contributed by atoms with Crippen molar-refractivity contribution < 1.29 is 28.2 Å². The molecule has 2 amide bonds. The Morgan fingerprint density at radius 2 is 1.83 bits per heavy atom. The van der Waals surface area contributed by atoms with Crippen LogP contribution in [0.5, 0.6) is 5.75 Å². The Morgan fingerprint density at radius 1 is 1.09 bits per heavy atom. The van der Waals surface area contributed by atoms with E-state index in [1.165, 1.54) is 24.1 Å². The summed E-state index contributed by atoms with van der Waals surface area (Å²) < 4.78 is 24.4. The Balaban J connectivity index is 1.66. The average Bonchev–Trinajstić information content (AvgIpc) is 3.33. The van der Waals surface area contributed by atoms with E-state index in [4.69, 9.17) is 9.47 Å². The summed E-state index contributed by atoms with van der Waals surface area (Å²) in [4.78, 5) is 43.7. The molecule has 5 rings (SSSR count). The lowest BCUT2D eigenvalue weighted by atomic mass is 9.75. The van der Waals surface area contributed by atoms with Crippen LogP contribution in [0.1, 0.15) is 37.8 Å². The molecule has 0 unspecified atom stereocenters. The summed E-state index contributed by atoms with van der Waals surface area (Å²) in [5.74, 6) is -2.21. The topological polar surface area (TPSA) is 76.2 Å². The number of nitrogens with zero attached hydrogens (tertiary/aromatic N) is 2. The first kappa shape index (κ1) is 23.5. The van der Waals surface area contributed by atoms with Crippen LogP contribution < -0.4 is 4.74 Å². The highest BCUT2D eigenvalue weighted by Gasteiger charge is 2.72. The molecule has 184 valence electrons. The maximum atomic E-state index is 13.5. The number of likely N-dealkylation sites (tertiary alicyclic amines) is 1. The van der Waals surface area contributed by atoms with E-state index < -0.39 is 29.4 Å². The van der Waals surface area contributed by atoms with Gasteiger partial charge in [0, 0.05) is 18.2 Å². The van der Waals surface area contributed by atoms with Gasteiger partial charge in [-0.3, -0.25) is 24.2 Å². The van der Waals surface area contributed by atoms with Gasteiger partial charge in [0.05, 0.1) is 26.1 Å². The zero-order valence-electron chi connectivity index (χ0n) is 20.1. The van der Waals surface area contributed by atoms with E-state index in [1.807, 2.05) is 23.1 Å². The molecular formula is C27H29FN2O5. The molecule has 0 aliphatic carbocycles. The van der Waals surface area contributed by atoms with Gasteiger partial charge >= 0.3 is 5.97 Å². The zero-order chi connectivity index (χ0) is 24.9. The third kappa shape index (κ3) is 3.30. The maximum Gasteiger partial charge on any atom is 0.327 e. The molecule has 3 saturated heterocycles. The van der Waals surface area contributed by atoms with Gasteiger partial charge in [0.1, 0.15) is 17.1 Å². The normalized spacial score (nSPS) is 28.1. The number of amides is 2. The number of benzene rings is 2. The number of methoxy groups -OCH3 is 2. The summed E-state index contributed by atoms with van der Waals surface area (Å²) >= 11 is 0. The number of fused-ring (bicyclic) bond motifs is 3. The average molecular weight is 481 g/mol. The minimum atomic E-state index is -1.16. The fourth-order valence-electron chi connectivity index (χ4n) is 6.49. The van der Waals surface area contributed by atoms with E-state index in [-0.39, 0.29) is 24.2 Å². The minimum Gasteiger partial charge on any atom is -0.496 e. The van der Waals surface area contributed by atoms with Crippen molar-refractivity contribution in [3.8, 4) is 16.9 Å². The number of halogens is 1. The fourth-order valence-corrected chi connectivity index (χ4v) is 6.49. The van der Waals surface area contributed by atoms with Crippen LogP contribution in [0.25, 0.3) is 11.1 Å². The van der Waals surface area contributed by atoms with Gasteiger partial charge in [-0.2, -0.15) is 0 Å². The van der Waals surface area contributed by atoms with Crippen molar-refractivity contribution in [3.05, 3.63) is 53.8 Å². The molecule has 7 nitrogen and oxygen atoms in total. The van der Waals surface area contributed by atoms with E-state index in [2.05, 4.69) is 0 Å². The monoisotopic (exact) mass is 480 g/mol. The van der Waals surface area contributed by atoms with E-state index in [9.17, 15) is 18.8 Å². The number of carbonyl (C=O) groups excluding carboxylic acids is 3. The Kier molecular flexibility index (Phi) is 5.87. The molecule has 3 fully saturated rings. The molecule has 3 heterocycles. The molecule has 0 bridgehead atoms. The fraction of sp³-hybridized carbons (Fsp3) is 0.444. The van der Waals surface area contributed by atoms with Crippen LogP contribution in [-0.4, -0.2) is 60.4 Å². The van der Waals surface area contributed by atoms with Crippen molar-refractivity contribution in [2.24, 2.45) is 11.8 Å². The van der Waals surface area contributed by atoms with Gasteiger partial charge in [-0.15, -0.1) is 0 Å². The Bertz CT molecular complexity index is 1180. The summed E-state index contributed by atoms with van der Waals surface area (Å²) in [7, 11) is 2.90. The van der Waals surface area contributed by atoms with Crippen LogP contribution in [0.3, 0.4) is 0 Å². The molecule has 4 atom stereocenters. The van der Waals surface area contributed by atoms with Gasteiger partial charge in [0.2, 0.25) is 11.8 Å². The first-order valence-corrected chi connectivity index (χ1v) is 12.0. The second-order valence-corrected chi connectivity index (χ2v) is 9.40. The van der Waals surface area contributed by atoms with Crippen molar-refractivity contribution >= 4 is 17.8 Å². The Hall–Kier alpha value is -3.26. The zero-order valence-corrected chi connectivity index (χ0v) is 20.1. The summed E-state index contributed by atoms with van der Waals surface area (Å²) in [6, 6.07) is 11.4. The molecule has 0 N–H and O–H groups in total. The molecule has 2 aromatic rings. The van der Waals surface area contributed by atoms with Crippen molar-refractivity contribution in [2.45, 2.75) is 37.8 Å². The first-order chi connectivity index (χ1) is 16.9. The minimum absolute atomic E-state index is 0.244. The van der Waals surface area contributed by atoms with Gasteiger partial charge in [0.15, 0.2) is 0 Å². The maximum absolute atomic E-state index is 13.5. The quantitative estimate of drug-likeness (QED) is 0.481. The number of ether oxygens (including phenoxy) is 2. The van der Waals surface area contributed by atoms with Crippen molar-refractivity contribution in [1.29, 1.82) is 0 Å². The van der Waals surface area contributed by atoms with E-state index >= 15 is 0 Å². The molecule has 8 heteroatoms. The third-order valence-corrected chi connectivity index (χ3v) is 7.93.